The number of aromatic hydroxyl groups is 1. The lowest BCUT2D eigenvalue weighted by Crippen LogP contribution is -2.48. The van der Waals surface area contributed by atoms with E-state index in [9.17, 15) is 14.7 Å². The number of nitrogens with one attached hydrogen (secondary N) is 1. The Bertz CT molecular complexity index is 716. The second kappa shape index (κ2) is 8.73. The van der Waals surface area contributed by atoms with Crippen LogP contribution in [0, 0.1) is 5.92 Å². The van der Waals surface area contributed by atoms with E-state index in [1.54, 1.807) is 12.1 Å². The van der Waals surface area contributed by atoms with Crippen molar-refractivity contribution in [3.8, 4) is 5.75 Å². The van der Waals surface area contributed by atoms with E-state index in [1.807, 2.05) is 44.2 Å². The third-order valence-electron chi connectivity index (χ3n) is 3.36. The van der Waals surface area contributed by atoms with Crippen molar-refractivity contribution >= 4 is 12.0 Å². The van der Waals surface area contributed by atoms with Crippen LogP contribution in [-0.4, -0.2) is 28.7 Å². The number of ether oxygens (including phenoxy) is 1. The molecule has 0 radical (unpaired) electrons. The average molecular weight is 342 g/mol. The number of nitrogens with zero attached hydrogens (tertiary/aromatic N) is 1. The molecule has 0 unspecified atom stereocenters. The van der Waals surface area contributed by atoms with E-state index in [2.05, 4.69) is 5.43 Å². The van der Waals surface area contributed by atoms with Crippen LogP contribution in [0.2, 0.25) is 0 Å². The first-order chi connectivity index (χ1) is 12.0. The summed E-state index contributed by atoms with van der Waals surface area (Å²) in [5, 5.41) is 10.9. The van der Waals surface area contributed by atoms with Gasteiger partial charge >= 0.3 is 6.09 Å². The fourth-order valence-electron chi connectivity index (χ4n) is 2.18. The van der Waals surface area contributed by atoms with Crippen molar-refractivity contribution in [1.29, 1.82) is 0 Å². The highest BCUT2D eigenvalue weighted by Gasteiger charge is 2.21. The first-order valence-corrected chi connectivity index (χ1v) is 8.04. The first-order valence-electron chi connectivity index (χ1n) is 8.04. The third kappa shape index (κ3) is 5.53. The number of para-hydroxylation sites is 1. The molecule has 0 atom stereocenters. The van der Waals surface area contributed by atoms with E-state index in [0.717, 1.165) is 10.6 Å². The summed E-state index contributed by atoms with van der Waals surface area (Å²) in [4.78, 5) is 24.6. The van der Waals surface area contributed by atoms with Crippen molar-refractivity contribution in [2.24, 2.45) is 5.92 Å². The maximum absolute atomic E-state index is 12.3. The predicted octanol–water partition coefficient (Wildman–Crippen LogP) is 3.33. The molecule has 0 aliphatic carbocycles. The van der Waals surface area contributed by atoms with E-state index in [-0.39, 0.29) is 30.4 Å². The molecule has 0 aromatic heterocycles. The number of phenols is 1. The molecule has 2 N–H and O–H groups in total. The van der Waals surface area contributed by atoms with E-state index < -0.39 is 12.0 Å². The SMILES string of the molecule is CC(C)CN(NC(=O)c1ccccc1O)C(=O)OCc1ccccc1. The molecule has 0 fully saturated rings. The molecule has 2 amide bonds. The Hall–Kier alpha value is -3.02. The Morgan fingerprint density at radius 2 is 1.72 bits per heavy atom. The predicted molar refractivity (Wildman–Crippen MR) is 93.7 cm³/mol. The van der Waals surface area contributed by atoms with Gasteiger partial charge in [0.2, 0.25) is 0 Å². The molecule has 2 aromatic rings. The van der Waals surface area contributed by atoms with Crippen LogP contribution in [0.25, 0.3) is 0 Å². The largest absolute Gasteiger partial charge is 0.507 e. The maximum Gasteiger partial charge on any atom is 0.429 e. The standard InChI is InChI=1S/C19H22N2O4/c1-14(2)12-21(19(24)25-13-15-8-4-3-5-9-15)20-18(23)16-10-6-7-11-17(16)22/h3-11,14,22H,12-13H2,1-2H3,(H,20,23). The number of hydrogen-bond acceptors (Lipinski definition) is 4. The number of rotatable bonds is 5. The Morgan fingerprint density at radius 3 is 2.36 bits per heavy atom. The maximum atomic E-state index is 12.3. The van der Waals surface area contributed by atoms with Gasteiger partial charge in [-0.3, -0.25) is 10.2 Å². The number of phenolic OH excluding ortho intramolecular Hbond substituents is 1. The zero-order valence-electron chi connectivity index (χ0n) is 14.3. The van der Waals surface area contributed by atoms with Gasteiger partial charge in [-0.15, -0.1) is 0 Å². The van der Waals surface area contributed by atoms with Gasteiger partial charge in [-0.05, 0) is 23.6 Å². The van der Waals surface area contributed by atoms with Crippen LogP contribution >= 0.6 is 0 Å². The van der Waals surface area contributed by atoms with Crippen LogP contribution in [0.4, 0.5) is 4.79 Å². The molecule has 0 heterocycles. The molecule has 6 heteroatoms. The Morgan fingerprint density at radius 1 is 1.08 bits per heavy atom. The van der Waals surface area contributed by atoms with Crippen molar-refractivity contribution in [2.75, 3.05) is 6.54 Å². The number of amides is 2. The zero-order chi connectivity index (χ0) is 18.2. The summed E-state index contributed by atoms with van der Waals surface area (Å²) in [6.07, 6.45) is -0.652. The van der Waals surface area contributed by atoms with Crippen LogP contribution in [0.3, 0.4) is 0 Å². The van der Waals surface area contributed by atoms with Gasteiger partial charge in [0.1, 0.15) is 12.4 Å². The van der Waals surface area contributed by atoms with Crippen LogP contribution < -0.4 is 5.43 Å². The first kappa shape index (κ1) is 18.3. The van der Waals surface area contributed by atoms with Crippen molar-refractivity contribution < 1.29 is 19.4 Å². The number of hydrogen-bond donors (Lipinski definition) is 2. The molecule has 2 rings (SSSR count). The topological polar surface area (TPSA) is 78.9 Å². The average Bonchev–Trinajstić information content (AvgIpc) is 2.60. The Kier molecular flexibility index (Phi) is 6.39. The lowest BCUT2D eigenvalue weighted by Gasteiger charge is -2.24. The molecule has 0 bridgehead atoms. The van der Waals surface area contributed by atoms with Crippen molar-refractivity contribution in [3.05, 3.63) is 65.7 Å². The van der Waals surface area contributed by atoms with Crippen LogP contribution in [-0.2, 0) is 11.3 Å². The Balaban J connectivity index is 2.03. The highest BCUT2D eigenvalue weighted by Crippen LogP contribution is 2.15. The molecule has 0 aliphatic rings. The number of benzene rings is 2. The van der Waals surface area contributed by atoms with Gasteiger partial charge in [0.25, 0.3) is 5.91 Å². The molecule has 0 saturated heterocycles. The molecule has 6 nitrogen and oxygen atoms in total. The molecule has 0 aliphatic heterocycles. The number of carbonyl (C=O) groups is 2. The number of carbonyl (C=O) groups excluding carboxylic acids is 2. The van der Waals surface area contributed by atoms with E-state index in [1.165, 1.54) is 12.1 Å². The summed E-state index contributed by atoms with van der Waals surface area (Å²) >= 11 is 0. The monoisotopic (exact) mass is 342 g/mol. The lowest BCUT2D eigenvalue weighted by molar-refractivity contribution is 0.0579. The summed E-state index contributed by atoms with van der Waals surface area (Å²) in [6, 6.07) is 15.4. The third-order valence-corrected chi connectivity index (χ3v) is 3.36. The molecule has 0 spiro atoms. The highest BCUT2D eigenvalue weighted by atomic mass is 16.6. The van der Waals surface area contributed by atoms with Gasteiger partial charge in [-0.2, -0.15) is 0 Å². The lowest BCUT2D eigenvalue weighted by atomic mass is 10.2. The summed E-state index contributed by atoms with van der Waals surface area (Å²) in [7, 11) is 0. The van der Waals surface area contributed by atoms with Gasteiger partial charge in [-0.1, -0.05) is 56.3 Å². The summed E-state index contributed by atoms with van der Waals surface area (Å²) < 4.78 is 5.27. The van der Waals surface area contributed by atoms with Gasteiger partial charge < -0.3 is 9.84 Å². The van der Waals surface area contributed by atoms with Crippen LogP contribution in [0.1, 0.15) is 29.8 Å². The van der Waals surface area contributed by atoms with Gasteiger partial charge in [0.05, 0.1) is 5.56 Å². The minimum atomic E-state index is -0.652. The van der Waals surface area contributed by atoms with E-state index in [0.29, 0.717) is 0 Å². The minimum absolute atomic E-state index is 0.0899. The van der Waals surface area contributed by atoms with Gasteiger partial charge in [-0.25, -0.2) is 9.80 Å². The second-order valence-corrected chi connectivity index (χ2v) is 6.00. The molecule has 25 heavy (non-hydrogen) atoms. The molecule has 2 aromatic carbocycles. The number of hydrazine groups is 1. The van der Waals surface area contributed by atoms with Gasteiger partial charge in [0, 0.05) is 6.54 Å². The zero-order valence-corrected chi connectivity index (χ0v) is 14.3. The normalized spacial score (nSPS) is 10.4. The second-order valence-electron chi connectivity index (χ2n) is 6.00. The van der Waals surface area contributed by atoms with Crippen molar-refractivity contribution in [2.45, 2.75) is 20.5 Å². The quantitative estimate of drug-likeness (QED) is 0.817. The fourth-order valence-corrected chi connectivity index (χ4v) is 2.18. The summed E-state index contributed by atoms with van der Waals surface area (Å²) in [6.45, 7) is 4.24. The molecule has 132 valence electrons. The van der Waals surface area contributed by atoms with Crippen molar-refractivity contribution in [1.82, 2.24) is 10.4 Å². The smallest absolute Gasteiger partial charge is 0.429 e. The molecule has 0 saturated carbocycles. The van der Waals surface area contributed by atoms with E-state index >= 15 is 0 Å². The molecular weight excluding hydrogens is 320 g/mol. The summed E-state index contributed by atoms with van der Waals surface area (Å²) in [5.74, 6) is -0.605. The fraction of sp³-hybridized carbons (Fsp3) is 0.263. The van der Waals surface area contributed by atoms with Crippen LogP contribution in [0.15, 0.2) is 54.6 Å². The van der Waals surface area contributed by atoms with E-state index in [4.69, 9.17) is 4.74 Å². The van der Waals surface area contributed by atoms with Gasteiger partial charge in [0.15, 0.2) is 0 Å². The Labute approximate surface area is 147 Å². The summed E-state index contributed by atoms with van der Waals surface area (Å²) in [5.41, 5.74) is 3.45. The highest BCUT2D eigenvalue weighted by molar-refractivity contribution is 5.97. The minimum Gasteiger partial charge on any atom is -0.507 e. The van der Waals surface area contributed by atoms with Crippen molar-refractivity contribution in [3.63, 3.8) is 0 Å². The molecular formula is C19H22N2O4. The van der Waals surface area contributed by atoms with Crippen LogP contribution in [0.5, 0.6) is 5.75 Å².